The average molecular weight is 485 g/mol. The Morgan fingerprint density at radius 1 is 0.889 bits per heavy atom. The van der Waals surface area contributed by atoms with Crippen molar-refractivity contribution >= 4 is 28.7 Å². The van der Waals surface area contributed by atoms with Crippen LogP contribution < -0.4 is 5.48 Å². The smallest absolute Gasteiger partial charge is 0.267 e. The number of unbranched alkanes of at least 4 members (excludes halogenated alkanes) is 4. The number of benzene rings is 2. The molecule has 0 spiro atoms. The molecule has 5 nitrogen and oxygen atoms in total. The third kappa shape index (κ3) is 12.0. The first-order valence-electron chi connectivity index (χ1n) is 12.5. The fourth-order valence-electron chi connectivity index (χ4n) is 3.49. The van der Waals surface area contributed by atoms with Gasteiger partial charge in [-0.3, -0.25) is 19.8 Å². The summed E-state index contributed by atoms with van der Waals surface area (Å²) in [7, 11) is 0. The monoisotopic (exact) mass is 484 g/mol. The molecule has 188 valence electrons. The number of hydroxylamine groups is 1. The Labute approximate surface area is 214 Å². The molecule has 1 heterocycles. The fraction of sp³-hybridized carbons (Fsp3) is 0.258. The molecule has 3 rings (SSSR count). The summed E-state index contributed by atoms with van der Waals surface area (Å²) >= 11 is 0. The van der Waals surface area contributed by atoms with Crippen molar-refractivity contribution in [3.05, 3.63) is 108 Å². The van der Waals surface area contributed by atoms with E-state index in [0.29, 0.717) is 18.6 Å². The number of fused-ring (bicyclic) bond motifs is 1. The second kappa shape index (κ2) is 17.6. The predicted octanol–water partition coefficient (Wildman–Crippen LogP) is 7.02. The SMILES string of the molecule is CCCCCCCC(=O)Cc1cnc2ccccc2c1.O=C(/C=C/C=C/C=C/c1ccccc1)NO. The molecule has 0 unspecified atom stereocenters. The highest BCUT2D eigenvalue weighted by Gasteiger charge is 2.05. The molecular weight excluding hydrogens is 448 g/mol. The van der Waals surface area contributed by atoms with Crippen molar-refractivity contribution in [3.8, 4) is 0 Å². The van der Waals surface area contributed by atoms with E-state index < -0.39 is 5.91 Å². The third-order valence-corrected chi connectivity index (χ3v) is 5.39. The maximum atomic E-state index is 12.0. The van der Waals surface area contributed by atoms with E-state index in [4.69, 9.17) is 5.21 Å². The molecule has 0 aliphatic carbocycles. The van der Waals surface area contributed by atoms with Crippen molar-refractivity contribution in [3.63, 3.8) is 0 Å². The highest BCUT2D eigenvalue weighted by molar-refractivity contribution is 5.86. The Bertz CT molecular complexity index is 1150. The molecule has 0 atom stereocenters. The number of nitrogens with one attached hydrogen (secondary N) is 1. The number of Topliss-reactive ketones (excluding diaryl/α,β-unsaturated/α-hetero) is 1. The second-order valence-electron chi connectivity index (χ2n) is 8.41. The highest BCUT2D eigenvalue weighted by Crippen LogP contribution is 2.14. The molecule has 0 bridgehead atoms. The number of aromatic nitrogens is 1. The van der Waals surface area contributed by atoms with Crippen LogP contribution in [0.1, 0.15) is 56.6 Å². The number of ketones is 1. The first-order valence-corrected chi connectivity index (χ1v) is 12.5. The van der Waals surface area contributed by atoms with Crippen LogP contribution in [0.25, 0.3) is 17.0 Å². The minimum atomic E-state index is -0.545. The summed E-state index contributed by atoms with van der Waals surface area (Å²) in [5.74, 6) is -0.213. The van der Waals surface area contributed by atoms with E-state index in [1.807, 2.05) is 72.9 Å². The van der Waals surface area contributed by atoms with Crippen LogP contribution in [0.5, 0.6) is 0 Å². The Kier molecular flexibility index (Phi) is 13.9. The van der Waals surface area contributed by atoms with Crippen LogP contribution in [-0.4, -0.2) is 21.9 Å². The van der Waals surface area contributed by atoms with Crippen molar-refractivity contribution in [1.29, 1.82) is 0 Å². The van der Waals surface area contributed by atoms with Crippen LogP contribution in [0.4, 0.5) is 0 Å². The lowest BCUT2D eigenvalue weighted by molar-refractivity contribution is -0.124. The van der Waals surface area contributed by atoms with Gasteiger partial charge in [0.05, 0.1) is 5.52 Å². The van der Waals surface area contributed by atoms with E-state index >= 15 is 0 Å². The van der Waals surface area contributed by atoms with Crippen LogP contribution in [0.15, 0.2) is 97.2 Å². The quantitative estimate of drug-likeness (QED) is 0.0951. The summed E-state index contributed by atoms with van der Waals surface area (Å²) in [6.07, 6.45) is 19.1. The van der Waals surface area contributed by atoms with E-state index in [1.165, 1.54) is 37.2 Å². The normalized spacial score (nSPS) is 11.2. The van der Waals surface area contributed by atoms with Crippen LogP contribution in [0.3, 0.4) is 0 Å². The van der Waals surface area contributed by atoms with Gasteiger partial charge in [0.15, 0.2) is 0 Å². The van der Waals surface area contributed by atoms with E-state index in [-0.39, 0.29) is 0 Å². The van der Waals surface area contributed by atoms with Gasteiger partial charge in [0.2, 0.25) is 0 Å². The summed E-state index contributed by atoms with van der Waals surface area (Å²) < 4.78 is 0. The summed E-state index contributed by atoms with van der Waals surface area (Å²) in [6.45, 7) is 2.21. The van der Waals surface area contributed by atoms with Gasteiger partial charge in [-0.05, 0) is 29.7 Å². The fourth-order valence-corrected chi connectivity index (χ4v) is 3.49. The zero-order chi connectivity index (χ0) is 25.8. The Hall–Kier alpha value is -3.83. The molecule has 0 aliphatic rings. The first-order chi connectivity index (χ1) is 17.6. The molecule has 1 amide bonds. The molecule has 3 aromatic rings. The Balaban J connectivity index is 0.000000261. The summed E-state index contributed by atoms with van der Waals surface area (Å²) in [5.41, 5.74) is 4.64. The van der Waals surface area contributed by atoms with Gasteiger partial charge in [0.25, 0.3) is 5.91 Å². The molecule has 2 aromatic carbocycles. The molecule has 0 saturated carbocycles. The zero-order valence-corrected chi connectivity index (χ0v) is 21.0. The van der Waals surface area contributed by atoms with Gasteiger partial charge in [0, 0.05) is 30.5 Å². The van der Waals surface area contributed by atoms with Crippen LogP contribution in [0.2, 0.25) is 0 Å². The molecule has 0 aliphatic heterocycles. The van der Waals surface area contributed by atoms with Crippen LogP contribution in [-0.2, 0) is 16.0 Å². The molecule has 5 heteroatoms. The number of allylic oxidation sites excluding steroid dienone is 4. The lowest BCUT2D eigenvalue weighted by Crippen LogP contribution is -2.14. The maximum absolute atomic E-state index is 12.0. The number of rotatable bonds is 12. The number of nitrogens with zero attached hydrogens (tertiary/aromatic N) is 1. The van der Waals surface area contributed by atoms with Crippen molar-refractivity contribution in [2.75, 3.05) is 0 Å². The average Bonchev–Trinajstić information content (AvgIpc) is 2.91. The molecule has 0 saturated heterocycles. The predicted molar refractivity (Wildman–Crippen MR) is 148 cm³/mol. The molecule has 2 N–H and O–H groups in total. The van der Waals surface area contributed by atoms with Crippen LogP contribution in [0, 0.1) is 0 Å². The number of carbonyl (C=O) groups is 2. The lowest BCUT2D eigenvalue weighted by Gasteiger charge is -2.03. The molecular formula is C31H36N2O3. The van der Waals surface area contributed by atoms with Gasteiger partial charge in [0.1, 0.15) is 5.78 Å². The van der Waals surface area contributed by atoms with Crippen LogP contribution >= 0.6 is 0 Å². The number of hydrogen-bond acceptors (Lipinski definition) is 4. The van der Waals surface area contributed by atoms with Gasteiger partial charge >= 0.3 is 0 Å². The van der Waals surface area contributed by atoms with Gasteiger partial charge in [-0.1, -0.05) is 112 Å². The molecule has 0 radical (unpaired) electrons. The molecule has 0 fully saturated rings. The Morgan fingerprint density at radius 3 is 2.39 bits per heavy atom. The van der Waals surface area contributed by atoms with Gasteiger partial charge < -0.3 is 0 Å². The summed E-state index contributed by atoms with van der Waals surface area (Å²) in [5, 5.41) is 9.31. The van der Waals surface area contributed by atoms with E-state index in [1.54, 1.807) is 18.2 Å². The summed E-state index contributed by atoms with van der Waals surface area (Å²) in [6, 6.07) is 20.0. The van der Waals surface area contributed by atoms with E-state index in [2.05, 4.69) is 18.0 Å². The third-order valence-electron chi connectivity index (χ3n) is 5.39. The standard InChI is InChI=1S/C18H23NO.C13H13NO2/c1-2-3-4-5-6-10-17(20)13-15-12-16-9-7-8-11-18(16)19-14-15;15-13(14-16)11-7-2-1-4-8-12-9-5-3-6-10-12/h7-9,11-12,14H,2-6,10,13H2,1H3;1-11,16H,(H,14,15)/b;2-1+,8-4+,11-7+. The van der Waals surface area contributed by atoms with Gasteiger partial charge in [-0.25, -0.2) is 5.48 Å². The van der Waals surface area contributed by atoms with Gasteiger partial charge in [-0.2, -0.15) is 0 Å². The maximum Gasteiger partial charge on any atom is 0.267 e. The zero-order valence-electron chi connectivity index (χ0n) is 21.0. The van der Waals surface area contributed by atoms with E-state index in [0.717, 1.165) is 28.5 Å². The molecule has 36 heavy (non-hydrogen) atoms. The number of hydrogen-bond donors (Lipinski definition) is 2. The topological polar surface area (TPSA) is 79.3 Å². The van der Waals surface area contributed by atoms with Crippen molar-refractivity contribution in [2.45, 2.75) is 51.9 Å². The number of pyridine rings is 1. The minimum absolute atomic E-state index is 0.332. The van der Waals surface area contributed by atoms with Gasteiger partial charge in [-0.15, -0.1) is 0 Å². The number of carbonyl (C=O) groups excluding carboxylic acids is 2. The first kappa shape index (κ1) is 28.4. The highest BCUT2D eigenvalue weighted by atomic mass is 16.5. The lowest BCUT2D eigenvalue weighted by atomic mass is 10.0. The van der Waals surface area contributed by atoms with E-state index in [9.17, 15) is 9.59 Å². The minimum Gasteiger partial charge on any atom is -0.299 e. The van der Waals surface area contributed by atoms with Crippen molar-refractivity contribution in [2.24, 2.45) is 0 Å². The molecule has 1 aromatic heterocycles. The Morgan fingerprint density at radius 2 is 1.61 bits per heavy atom. The number of amides is 1. The van der Waals surface area contributed by atoms with Crippen molar-refractivity contribution < 1.29 is 14.8 Å². The largest absolute Gasteiger partial charge is 0.299 e. The van der Waals surface area contributed by atoms with Crippen molar-refractivity contribution in [1.82, 2.24) is 10.5 Å². The number of para-hydroxylation sites is 1. The second-order valence-corrected chi connectivity index (χ2v) is 8.41. The summed E-state index contributed by atoms with van der Waals surface area (Å²) in [4.78, 5) is 26.9.